The molecule has 1 saturated heterocycles. The fourth-order valence-corrected chi connectivity index (χ4v) is 2.40. The summed E-state index contributed by atoms with van der Waals surface area (Å²) in [4.78, 5) is 11.6. The van der Waals surface area contributed by atoms with Gasteiger partial charge in [0.05, 0.1) is 5.75 Å². The first-order chi connectivity index (χ1) is 8.65. The molecule has 1 aliphatic heterocycles. The summed E-state index contributed by atoms with van der Waals surface area (Å²) in [6.45, 7) is 6.05. The van der Waals surface area contributed by atoms with Gasteiger partial charge in [-0.15, -0.1) is 5.10 Å². The maximum atomic E-state index is 11.6. The standard InChI is InChI=1S/C11H18N4O2S/c1-7(2)10-14-15-11(17-10)13-9(16)6-18-5-8-3-12-4-8/h7-8,12H,3-6H2,1-2H3,(H,13,15,16). The molecule has 0 aliphatic carbocycles. The second-order valence-electron chi connectivity index (χ2n) is 4.69. The van der Waals surface area contributed by atoms with Crippen LogP contribution in [0, 0.1) is 5.92 Å². The van der Waals surface area contributed by atoms with E-state index in [-0.39, 0.29) is 17.8 Å². The van der Waals surface area contributed by atoms with Crippen molar-refractivity contribution in [2.24, 2.45) is 5.92 Å². The first-order valence-corrected chi connectivity index (χ1v) is 7.22. The Bertz CT molecular complexity index is 404. The maximum absolute atomic E-state index is 11.6. The molecule has 0 saturated carbocycles. The van der Waals surface area contributed by atoms with E-state index in [0.717, 1.165) is 18.8 Å². The highest BCUT2D eigenvalue weighted by Crippen LogP contribution is 2.16. The molecule has 7 heteroatoms. The van der Waals surface area contributed by atoms with E-state index in [0.29, 0.717) is 17.6 Å². The minimum Gasteiger partial charge on any atom is -0.408 e. The van der Waals surface area contributed by atoms with Crippen LogP contribution in [0.1, 0.15) is 25.7 Å². The van der Waals surface area contributed by atoms with Gasteiger partial charge in [-0.05, 0) is 24.8 Å². The lowest BCUT2D eigenvalue weighted by atomic mass is 10.1. The fourth-order valence-electron chi connectivity index (χ4n) is 1.46. The summed E-state index contributed by atoms with van der Waals surface area (Å²) in [5.41, 5.74) is 0. The second kappa shape index (κ2) is 6.19. The molecule has 2 heterocycles. The Labute approximate surface area is 110 Å². The molecule has 1 aromatic rings. The van der Waals surface area contributed by atoms with Gasteiger partial charge >= 0.3 is 6.01 Å². The van der Waals surface area contributed by atoms with Crippen molar-refractivity contribution >= 4 is 23.7 Å². The topological polar surface area (TPSA) is 80.0 Å². The quantitative estimate of drug-likeness (QED) is 0.805. The molecule has 0 aromatic carbocycles. The van der Waals surface area contributed by atoms with Crippen LogP contribution >= 0.6 is 11.8 Å². The number of hydrogen-bond acceptors (Lipinski definition) is 6. The summed E-state index contributed by atoms with van der Waals surface area (Å²) in [5.74, 6) is 2.77. The molecule has 0 spiro atoms. The average molecular weight is 270 g/mol. The Kier molecular flexibility index (Phi) is 4.60. The predicted molar refractivity (Wildman–Crippen MR) is 70.7 cm³/mol. The molecule has 100 valence electrons. The zero-order valence-corrected chi connectivity index (χ0v) is 11.4. The molecule has 1 aromatic heterocycles. The molecule has 2 N–H and O–H groups in total. The Morgan fingerprint density at radius 3 is 2.89 bits per heavy atom. The van der Waals surface area contributed by atoms with Gasteiger partial charge in [0.1, 0.15) is 0 Å². The smallest absolute Gasteiger partial charge is 0.322 e. The molecule has 1 fully saturated rings. The highest BCUT2D eigenvalue weighted by molar-refractivity contribution is 7.99. The third-order valence-corrected chi connectivity index (χ3v) is 3.81. The van der Waals surface area contributed by atoms with E-state index in [1.54, 1.807) is 11.8 Å². The minimum absolute atomic E-state index is 0.0914. The summed E-state index contributed by atoms with van der Waals surface area (Å²) in [7, 11) is 0. The lowest BCUT2D eigenvalue weighted by Crippen LogP contribution is -2.43. The first-order valence-electron chi connectivity index (χ1n) is 6.07. The number of hydrogen-bond donors (Lipinski definition) is 2. The minimum atomic E-state index is -0.0914. The number of amides is 1. The van der Waals surface area contributed by atoms with Gasteiger partial charge in [-0.2, -0.15) is 11.8 Å². The molecule has 0 bridgehead atoms. The molecule has 1 aliphatic rings. The van der Waals surface area contributed by atoms with Crippen LogP contribution in [0.4, 0.5) is 6.01 Å². The van der Waals surface area contributed by atoms with Crippen molar-refractivity contribution < 1.29 is 9.21 Å². The summed E-state index contributed by atoms with van der Waals surface area (Å²) >= 11 is 1.64. The average Bonchev–Trinajstić information content (AvgIpc) is 2.70. The van der Waals surface area contributed by atoms with Crippen LogP contribution in [-0.2, 0) is 4.79 Å². The third-order valence-electron chi connectivity index (χ3n) is 2.63. The van der Waals surface area contributed by atoms with Crippen molar-refractivity contribution in [3.63, 3.8) is 0 Å². The molecular formula is C11H18N4O2S. The van der Waals surface area contributed by atoms with Crippen LogP contribution in [0.25, 0.3) is 0 Å². The fraction of sp³-hybridized carbons (Fsp3) is 0.727. The molecule has 18 heavy (non-hydrogen) atoms. The molecule has 0 unspecified atom stereocenters. The van der Waals surface area contributed by atoms with Crippen LogP contribution in [0.15, 0.2) is 4.42 Å². The van der Waals surface area contributed by atoms with E-state index < -0.39 is 0 Å². The third kappa shape index (κ3) is 3.71. The van der Waals surface area contributed by atoms with Crippen molar-refractivity contribution in [2.45, 2.75) is 19.8 Å². The normalized spacial score (nSPS) is 15.7. The van der Waals surface area contributed by atoms with Gasteiger partial charge in [0.15, 0.2) is 0 Å². The second-order valence-corrected chi connectivity index (χ2v) is 5.72. The number of carbonyl (C=O) groups is 1. The lowest BCUT2D eigenvalue weighted by molar-refractivity contribution is -0.113. The van der Waals surface area contributed by atoms with E-state index in [1.165, 1.54) is 0 Å². The summed E-state index contributed by atoms with van der Waals surface area (Å²) in [5, 5.41) is 13.4. The predicted octanol–water partition coefficient (Wildman–Crippen LogP) is 1.08. The van der Waals surface area contributed by atoms with E-state index in [9.17, 15) is 4.79 Å². The molecular weight excluding hydrogens is 252 g/mol. The number of nitrogens with zero attached hydrogens (tertiary/aromatic N) is 2. The van der Waals surface area contributed by atoms with Crippen LogP contribution in [0.3, 0.4) is 0 Å². The number of thioether (sulfide) groups is 1. The van der Waals surface area contributed by atoms with E-state index >= 15 is 0 Å². The van der Waals surface area contributed by atoms with Gasteiger partial charge < -0.3 is 9.73 Å². The lowest BCUT2D eigenvalue weighted by Gasteiger charge is -2.26. The zero-order valence-electron chi connectivity index (χ0n) is 10.6. The van der Waals surface area contributed by atoms with Gasteiger partial charge in [0, 0.05) is 5.92 Å². The van der Waals surface area contributed by atoms with E-state index in [1.807, 2.05) is 13.8 Å². The zero-order chi connectivity index (χ0) is 13.0. The Hall–Kier alpha value is -1.08. The van der Waals surface area contributed by atoms with Gasteiger partial charge in [-0.1, -0.05) is 18.9 Å². The summed E-state index contributed by atoms with van der Waals surface area (Å²) in [6.07, 6.45) is 0. The van der Waals surface area contributed by atoms with Crippen LogP contribution in [0.2, 0.25) is 0 Å². The monoisotopic (exact) mass is 270 g/mol. The number of carbonyl (C=O) groups excluding carboxylic acids is 1. The molecule has 6 nitrogen and oxygen atoms in total. The van der Waals surface area contributed by atoms with Gasteiger partial charge in [-0.3, -0.25) is 10.1 Å². The number of rotatable bonds is 6. The number of anilines is 1. The van der Waals surface area contributed by atoms with Gasteiger partial charge in [0.2, 0.25) is 11.8 Å². The van der Waals surface area contributed by atoms with Crippen molar-refractivity contribution in [2.75, 3.05) is 29.9 Å². The largest absolute Gasteiger partial charge is 0.408 e. The van der Waals surface area contributed by atoms with E-state index in [2.05, 4.69) is 20.8 Å². The Balaban J connectivity index is 1.68. The van der Waals surface area contributed by atoms with Crippen LogP contribution in [0.5, 0.6) is 0 Å². The highest BCUT2D eigenvalue weighted by atomic mass is 32.2. The molecule has 1 amide bonds. The number of aromatic nitrogens is 2. The molecule has 2 rings (SSSR count). The number of nitrogens with one attached hydrogen (secondary N) is 2. The van der Waals surface area contributed by atoms with Crippen molar-refractivity contribution in [3.05, 3.63) is 5.89 Å². The van der Waals surface area contributed by atoms with Crippen molar-refractivity contribution in [1.29, 1.82) is 0 Å². The maximum Gasteiger partial charge on any atom is 0.322 e. The SMILES string of the molecule is CC(C)c1nnc(NC(=O)CSCC2CNC2)o1. The summed E-state index contributed by atoms with van der Waals surface area (Å²) < 4.78 is 5.30. The Morgan fingerprint density at radius 1 is 1.56 bits per heavy atom. The molecule has 0 radical (unpaired) electrons. The van der Waals surface area contributed by atoms with Gasteiger partial charge in [-0.25, -0.2) is 0 Å². The highest BCUT2D eigenvalue weighted by Gasteiger charge is 2.17. The van der Waals surface area contributed by atoms with Crippen molar-refractivity contribution in [3.8, 4) is 0 Å². The first kappa shape index (κ1) is 13.4. The van der Waals surface area contributed by atoms with Crippen LogP contribution in [-0.4, -0.2) is 40.7 Å². The Morgan fingerprint density at radius 2 is 2.33 bits per heavy atom. The van der Waals surface area contributed by atoms with Gasteiger partial charge in [0.25, 0.3) is 0 Å². The molecule has 0 atom stereocenters. The summed E-state index contributed by atoms with van der Waals surface area (Å²) in [6, 6.07) is 0.189. The van der Waals surface area contributed by atoms with Crippen molar-refractivity contribution in [1.82, 2.24) is 15.5 Å². The van der Waals surface area contributed by atoms with E-state index in [4.69, 9.17) is 4.42 Å². The van der Waals surface area contributed by atoms with Crippen LogP contribution < -0.4 is 10.6 Å².